The van der Waals surface area contributed by atoms with Crippen LogP contribution in [-0.4, -0.2) is 16.9 Å². The summed E-state index contributed by atoms with van der Waals surface area (Å²) in [7, 11) is 0. The summed E-state index contributed by atoms with van der Waals surface area (Å²) in [6.07, 6.45) is 3.63. The van der Waals surface area contributed by atoms with Crippen LogP contribution in [0.4, 0.5) is 11.4 Å². The number of benzene rings is 1. The molecule has 18 heavy (non-hydrogen) atoms. The van der Waals surface area contributed by atoms with E-state index in [4.69, 9.17) is 5.73 Å². The van der Waals surface area contributed by atoms with Crippen LogP contribution in [0.3, 0.4) is 0 Å². The number of hydrogen-bond donors (Lipinski definition) is 2. The van der Waals surface area contributed by atoms with Crippen LogP contribution in [0.25, 0.3) is 0 Å². The van der Waals surface area contributed by atoms with Gasteiger partial charge in [0.2, 0.25) is 5.91 Å². The van der Waals surface area contributed by atoms with Gasteiger partial charge in [-0.3, -0.25) is 4.79 Å². The molecule has 1 atom stereocenters. The van der Waals surface area contributed by atoms with E-state index in [1.807, 2.05) is 19.1 Å². The lowest BCUT2D eigenvalue weighted by molar-refractivity contribution is -0.115. The molecule has 1 amide bonds. The topological polar surface area (TPSA) is 55.1 Å². The number of nitrogens with two attached hydrogens (primary N) is 1. The van der Waals surface area contributed by atoms with Crippen molar-refractivity contribution in [2.24, 2.45) is 0 Å². The predicted octanol–water partition coefficient (Wildman–Crippen LogP) is 3.52. The van der Waals surface area contributed by atoms with Crippen LogP contribution < -0.4 is 11.1 Å². The lowest BCUT2D eigenvalue weighted by atomic mass is 10.3. The Balaban J connectivity index is 2.33. The SMILES string of the molecule is CCCCCSC(C)C(=O)Nc1ccc(N)cc1. The number of hydrogen-bond acceptors (Lipinski definition) is 3. The van der Waals surface area contributed by atoms with E-state index in [-0.39, 0.29) is 11.2 Å². The summed E-state index contributed by atoms with van der Waals surface area (Å²) in [5.41, 5.74) is 7.10. The quantitative estimate of drug-likeness (QED) is 0.586. The summed E-state index contributed by atoms with van der Waals surface area (Å²) >= 11 is 1.71. The van der Waals surface area contributed by atoms with Gasteiger partial charge in [-0.2, -0.15) is 0 Å². The Morgan fingerprint density at radius 2 is 2.00 bits per heavy atom. The van der Waals surface area contributed by atoms with E-state index in [0.717, 1.165) is 11.4 Å². The molecule has 0 aliphatic heterocycles. The lowest BCUT2D eigenvalue weighted by Gasteiger charge is -2.12. The number of thioether (sulfide) groups is 1. The fraction of sp³-hybridized carbons (Fsp3) is 0.500. The van der Waals surface area contributed by atoms with Crippen molar-refractivity contribution in [3.63, 3.8) is 0 Å². The number of carbonyl (C=O) groups is 1. The number of rotatable bonds is 7. The lowest BCUT2D eigenvalue weighted by Crippen LogP contribution is -2.22. The van der Waals surface area contributed by atoms with Crippen LogP contribution in [0.15, 0.2) is 24.3 Å². The van der Waals surface area contributed by atoms with Gasteiger partial charge in [-0.15, -0.1) is 11.8 Å². The molecule has 4 heteroatoms. The van der Waals surface area contributed by atoms with Crippen LogP contribution in [0, 0.1) is 0 Å². The van der Waals surface area contributed by atoms with Gasteiger partial charge in [-0.25, -0.2) is 0 Å². The highest BCUT2D eigenvalue weighted by molar-refractivity contribution is 8.00. The molecule has 100 valence electrons. The molecule has 1 aromatic rings. The minimum absolute atomic E-state index is 0.0144. The second-order valence-corrected chi connectivity index (χ2v) is 5.78. The summed E-state index contributed by atoms with van der Waals surface area (Å²) in [6, 6.07) is 7.22. The Morgan fingerprint density at radius 1 is 1.33 bits per heavy atom. The fourth-order valence-electron chi connectivity index (χ4n) is 1.50. The van der Waals surface area contributed by atoms with Crippen molar-refractivity contribution in [1.82, 2.24) is 0 Å². The third-order valence-electron chi connectivity index (χ3n) is 2.66. The van der Waals surface area contributed by atoms with Gasteiger partial charge in [-0.1, -0.05) is 19.8 Å². The number of amides is 1. The second kappa shape index (κ2) is 8.03. The Kier molecular flexibility index (Phi) is 6.65. The molecule has 3 N–H and O–H groups in total. The Morgan fingerprint density at radius 3 is 2.61 bits per heavy atom. The van der Waals surface area contributed by atoms with Crippen LogP contribution in [0.2, 0.25) is 0 Å². The zero-order valence-electron chi connectivity index (χ0n) is 11.1. The van der Waals surface area contributed by atoms with Gasteiger partial charge in [-0.05, 0) is 43.4 Å². The van der Waals surface area contributed by atoms with Crippen LogP contribution in [-0.2, 0) is 4.79 Å². The average Bonchev–Trinajstić information content (AvgIpc) is 2.37. The average molecular weight is 266 g/mol. The first kappa shape index (κ1) is 14.9. The van der Waals surface area contributed by atoms with Crippen molar-refractivity contribution in [2.45, 2.75) is 38.4 Å². The zero-order chi connectivity index (χ0) is 13.4. The van der Waals surface area contributed by atoms with Gasteiger partial charge < -0.3 is 11.1 Å². The maximum Gasteiger partial charge on any atom is 0.237 e. The van der Waals surface area contributed by atoms with Gasteiger partial charge in [0.05, 0.1) is 5.25 Å². The number of carbonyl (C=O) groups excluding carboxylic acids is 1. The molecule has 0 bridgehead atoms. The van der Waals surface area contributed by atoms with E-state index < -0.39 is 0 Å². The molecule has 0 radical (unpaired) electrons. The van der Waals surface area contributed by atoms with Gasteiger partial charge >= 0.3 is 0 Å². The van der Waals surface area contributed by atoms with Gasteiger partial charge in [0, 0.05) is 11.4 Å². The summed E-state index contributed by atoms with van der Waals surface area (Å²) in [4.78, 5) is 11.9. The number of nitrogens with one attached hydrogen (secondary N) is 1. The molecule has 0 saturated heterocycles. The number of nitrogen functional groups attached to an aromatic ring is 1. The molecule has 0 fully saturated rings. The Labute approximate surface area is 114 Å². The molecule has 0 heterocycles. The number of anilines is 2. The van der Waals surface area contributed by atoms with E-state index in [1.54, 1.807) is 23.9 Å². The minimum atomic E-state index is -0.0144. The van der Waals surface area contributed by atoms with Crippen molar-refractivity contribution < 1.29 is 4.79 Å². The Bertz CT molecular complexity index is 365. The molecule has 1 aromatic carbocycles. The molecular weight excluding hydrogens is 244 g/mol. The largest absolute Gasteiger partial charge is 0.399 e. The molecule has 0 aliphatic carbocycles. The second-order valence-electron chi connectivity index (χ2n) is 4.33. The maximum absolute atomic E-state index is 11.9. The summed E-state index contributed by atoms with van der Waals surface area (Å²) < 4.78 is 0. The van der Waals surface area contributed by atoms with Crippen molar-refractivity contribution in [2.75, 3.05) is 16.8 Å². The van der Waals surface area contributed by atoms with Crippen LogP contribution in [0.5, 0.6) is 0 Å². The van der Waals surface area contributed by atoms with E-state index in [2.05, 4.69) is 12.2 Å². The highest BCUT2D eigenvalue weighted by Gasteiger charge is 2.12. The molecule has 0 saturated carbocycles. The molecule has 1 rings (SSSR count). The molecule has 3 nitrogen and oxygen atoms in total. The third kappa shape index (κ3) is 5.45. The smallest absolute Gasteiger partial charge is 0.237 e. The first-order chi connectivity index (χ1) is 8.63. The van der Waals surface area contributed by atoms with Gasteiger partial charge in [0.1, 0.15) is 0 Å². The normalized spacial score (nSPS) is 12.1. The highest BCUT2D eigenvalue weighted by Crippen LogP contribution is 2.16. The van der Waals surface area contributed by atoms with E-state index in [9.17, 15) is 4.79 Å². The predicted molar refractivity (Wildman–Crippen MR) is 80.9 cm³/mol. The maximum atomic E-state index is 11.9. The first-order valence-electron chi connectivity index (χ1n) is 6.41. The fourth-order valence-corrected chi connectivity index (χ4v) is 2.43. The third-order valence-corrected chi connectivity index (χ3v) is 3.90. The zero-order valence-corrected chi connectivity index (χ0v) is 11.9. The molecule has 1 unspecified atom stereocenters. The van der Waals surface area contributed by atoms with Gasteiger partial charge in [0.25, 0.3) is 0 Å². The summed E-state index contributed by atoms with van der Waals surface area (Å²) in [5, 5.41) is 2.88. The highest BCUT2D eigenvalue weighted by atomic mass is 32.2. The van der Waals surface area contributed by atoms with Crippen molar-refractivity contribution in [1.29, 1.82) is 0 Å². The van der Waals surface area contributed by atoms with E-state index >= 15 is 0 Å². The van der Waals surface area contributed by atoms with E-state index in [1.165, 1.54) is 19.3 Å². The van der Waals surface area contributed by atoms with Gasteiger partial charge in [0.15, 0.2) is 0 Å². The minimum Gasteiger partial charge on any atom is -0.399 e. The van der Waals surface area contributed by atoms with E-state index in [0.29, 0.717) is 5.69 Å². The molecule has 0 spiro atoms. The standard InChI is InChI=1S/C14H22N2OS/c1-3-4-5-10-18-11(2)14(17)16-13-8-6-12(15)7-9-13/h6-9,11H,3-5,10,15H2,1-2H3,(H,16,17). The summed E-state index contributed by atoms with van der Waals surface area (Å²) in [6.45, 7) is 4.13. The van der Waals surface area contributed by atoms with Crippen molar-refractivity contribution in [3.8, 4) is 0 Å². The van der Waals surface area contributed by atoms with Crippen molar-refractivity contribution >= 4 is 29.0 Å². The molecule has 0 aliphatic rings. The van der Waals surface area contributed by atoms with Crippen LogP contribution >= 0.6 is 11.8 Å². The summed E-state index contributed by atoms with van der Waals surface area (Å²) in [5.74, 6) is 1.10. The van der Waals surface area contributed by atoms with Crippen molar-refractivity contribution in [3.05, 3.63) is 24.3 Å². The molecule has 0 aromatic heterocycles. The Hall–Kier alpha value is -1.16. The monoisotopic (exact) mass is 266 g/mol. The molecular formula is C14H22N2OS. The number of unbranched alkanes of at least 4 members (excludes halogenated alkanes) is 2. The first-order valence-corrected chi connectivity index (χ1v) is 7.46. The van der Waals surface area contributed by atoms with Crippen LogP contribution in [0.1, 0.15) is 33.1 Å².